The summed E-state index contributed by atoms with van der Waals surface area (Å²) in [5, 5.41) is 0. The zero-order chi connectivity index (χ0) is 20.1. The molecule has 3 aromatic rings. The normalized spacial score (nSPS) is 14.3. The lowest BCUT2D eigenvalue weighted by Crippen LogP contribution is -2.35. The predicted octanol–water partition coefficient (Wildman–Crippen LogP) is 3.06. The van der Waals surface area contributed by atoms with Crippen molar-refractivity contribution >= 4 is 17.5 Å². The highest BCUT2D eigenvalue weighted by Gasteiger charge is 2.21. The monoisotopic (exact) mass is 386 g/mol. The number of carbonyl (C=O) groups excluding carboxylic acids is 2. The van der Waals surface area contributed by atoms with Crippen molar-refractivity contribution in [3.05, 3.63) is 89.9 Å². The van der Waals surface area contributed by atoms with Gasteiger partial charge in [0.2, 0.25) is 5.78 Å². The van der Waals surface area contributed by atoms with E-state index in [2.05, 4.69) is 14.9 Å². The van der Waals surface area contributed by atoms with E-state index in [0.29, 0.717) is 36.5 Å². The molecule has 1 saturated heterocycles. The van der Waals surface area contributed by atoms with Gasteiger partial charge in [-0.1, -0.05) is 24.3 Å². The molecule has 2 aromatic heterocycles. The van der Waals surface area contributed by atoms with Crippen LogP contribution in [0.15, 0.2) is 73.1 Å². The molecule has 0 spiro atoms. The Morgan fingerprint density at radius 3 is 2.41 bits per heavy atom. The van der Waals surface area contributed by atoms with Crippen LogP contribution in [-0.2, 0) is 0 Å². The Kier molecular flexibility index (Phi) is 5.61. The molecule has 0 radical (unpaired) electrons. The lowest BCUT2D eigenvalue weighted by molar-refractivity contribution is 0.0767. The number of nitrogens with zero attached hydrogens (tertiary/aromatic N) is 4. The van der Waals surface area contributed by atoms with Crippen molar-refractivity contribution in [3.63, 3.8) is 0 Å². The van der Waals surface area contributed by atoms with Crippen molar-refractivity contribution in [2.24, 2.45) is 0 Å². The summed E-state index contributed by atoms with van der Waals surface area (Å²) in [7, 11) is 0. The molecule has 0 aliphatic carbocycles. The maximum atomic E-state index is 12.7. The molecule has 1 aromatic carbocycles. The first-order valence-corrected chi connectivity index (χ1v) is 9.73. The van der Waals surface area contributed by atoms with Crippen molar-refractivity contribution in [2.75, 3.05) is 31.1 Å². The third kappa shape index (κ3) is 4.32. The molecule has 1 fully saturated rings. The smallest absolute Gasteiger partial charge is 0.253 e. The molecule has 0 saturated carbocycles. The van der Waals surface area contributed by atoms with E-state index in [9.17, 15) is 9.59 Å². The van der Waals surface area contributed by atoms with Crippen molar-refractivity contribution in [3.8, 4) is 0 Å². The number of benzene rings is 1. The Balaban J connectivity index is 1.47. The van der Waals surface area contributed by atoms with Gasteiger partial charge < -0.3 is 9.80 Å². The Morgan fingerprint density at radius 1 is 0.793 bits per heavy atom. The van der Waals surface area contributed by atoms with Crippen molar-refractivity contribution in [2.45, 2.75) is 6.42 Å². The minimum Gasteiger partial charge on any atom is -0.355 e. The molecule has 1 amide bonds. The number of pyridine rings is 2. The average Bonchev–Trinajstić information content (AvgIpc) is 3.06. The lowest BCUT2D eigenvalue weighted by Gasteiger charge is -2.23. The standard InChI is InChI=1S/C23H22N4O2/c28-22(19-9-5-12-24-17-19)20-10-4-11-21(25-20)26-13-6-14-27(16-15-26)23(29)18-7-2-1-3-8-18/h1-5,7-12,17H,6,13-16H2. The summed E-state index contributed by atoms with van der Waals surface area (Å²) in [5.41, 5.74) is 1.63. The topological polar surface area (TPSA) is 66.4 Å². The van der Waals surface area contributed by atoms with E-state index in [0.717, 1.165) is 18.8 Å². The van der Waals surface area contributed by atoms with Crippen LogP contribution in [0, 0.1) is 0 Å². The number of carbonyl (C=O) groups is 2. The number of anilines is 1. The summed E-state index contributed by atoms with van der Waals surface area (Å²) >= 11 is 0. The third-order valence-electron chi connectivity index (χ3n) is 5.02. The molecule has 0 atom stereocenters. The van der Waals surface area contributed by atoms with Crippen LogP contribution in [0.5, 0.6) is 0 Å². The van der Waals surface area contributed by atoms with Crippen LogP contribution in [0.1, 0.15) is 32.8 Å². The van der Waals surface area contributed by atoms with Gasteiger partial charge in [0, 0.05) is 49.7 Å². The first kappa shape index (κ1) is 18.8. The Morgan fingerprint density at radius 2 is 1.62 bits per heavy atom. The highest BCUT2D eigenvalue weighted by molar-refractivity contribution is 6.07. The van der Waals surface area contributed by atoms with Crippen LogP contribution in [-0.4, -0.2) is 52.7 Å². The summed E-state index contributed by atoms with van der Waals surface area (Å²) in [6.45, 7) is 2.79. The number of amides is 1. The number of hydrogen-bond acceptors (Lipinski definition) is 5. The molecule has 1 aliphatic rings. The van der Waals surface area contributed by atoms with Crippen molar-refractivity contribution < 1.29 is 9.59 Å². The summed E-state index contributed by atoms with van der Waals surface area (Å²) in [4.78, 5) is 38.0. The van der Waals surface area contributed by atoms with E-state index >= 15 is 0 Å². The second kappa shape index (κ2) is 8.65. The molecule has 0 N–H and O–H groups in total. The molecule has 6 nitrogen and oxygen atoms in total. The van der Waals surface area contributed by atoms with Crippen LogP contribution in [0.3, 0.4) is 0 Å². The molecule has 0 unspecified atom stereocenters. The van der Waals surface area contributed by atoms with E-state index in [1.807, 2.05) is 47.4 Å². The number of hydrogen-bond donors (Lipinski definition) is 0. The average molecular weight is 386 g/mol. The Hall–Kier alpha value is -3.54. The second-order valence-corrected chi connectivity index (χ2v) is 6.95. The van der Waals surface area contributed by atoms with E-state index in [1.54, 1.807) is 30.6 Å². The van der Waals surface area contributed by atoms with E-state index in [1.165, 1.54) is 0 Å². The molecular weight excluding hydrogens is 364 g/mol. The summed E-state index contributed by atoms with van der Waals surface area (Å²) in [6, 6.07) is 18.3. The van der Waals surface area contributed by atoms with Gasteiger partial charge in [0.1, 0.15) is 11.5 Å². The molecular formula is C23H22N4O2. The van der Waals surface area contributed by atoms with Gasteiger partial charge >= 0.3 is 0 Å². The van der Waals surface area contributed by atoms with Gasteiger partial charge in [0.25, 0.3) is 5.91 Å². The second-order valence-electron chi connectivity index (χ2n) is 6.95. The molecule has 0 bridgehead atoms. The van der Waals surface area contributed by atoms with Gasteiger partial charge in [-0.2, -0.15) is 0 Å². The quantitative estimate of drug-likeness (QED) is 0.645. The maximum Gasteiger partial charge on any atom is 0.253 e. The van der Waals surface area contributed by atoms with Gasteiger partial charge in [0.05, 0.1) is 0 Å². The zero-order valence-electron chi connectivity index (χ0n) is 16.1. The zero-order valence-corrected chi connectivity index (χ0v) is 16.1. The van der Waals surface area contributed by atoms with Crippen LogP contribution in [0.25, 0.3) is 0 Å². The highest BCUT2D eigenvalue weighted by atomic mass is 16.2. The Bertz CT molecular complexity index is 992. The molecule has 146 valence electrons. The largest absolute Gasteiger partial charge is 0.355 e. The van der Waals surface area contributed by atoms with Gasteiger partial charge in [-0.3, -0.25) is 14.6 Å². The summed E-state index contributed by atoms with van der Waals surface area (Å²) in [6.07, 6.45) is 4.04. The highest BCUT2D eigenvalue weighted by Crippen LogP contribution is 2.17. The fourth-order valence-corrected chi connectivity index (χ4v) is 3.48. The van der Waals surface area contributed by atoms with Gasteiger partial charge in [-0.25, -0.2) is 4.98 Å². The third-order valence-corrected chi connectivity index (χ3v) is 5.02. The fourth-order valence-electron chi connectivity index (χ4n) is 3.48. The lowest BCUT2D eigenvalue weighted by atomic mass is 10.1. The minimum absolute atomic E-state index is 0.0564. The molecule has 6 heteroatoms. The first-order valence-electron chi connectivity index (χ1n) is 9.73. The number of ketones is 1. The molecule has 1 aliphatic heterocycles. The van der Waals surface area contributed by atoms with Crippen molar-refractivity contribution in [1.29, 1.82) is 0 Å². The van der Waals surface area contributed by atoms with Crippen LogP contribution >= 0.6 is 0 Å². The van der Waals surface area contributed by atoms with Crippen LogP contribution < -0.4 is 4.90 Å². The Labute approximate surface area is 169 Å². The summed E-state index contributed by atoms with van der Waals surface area (Å²) in [5.74, 6) is 0.672. The minimum atomic E-state index is -0.143. The predicted molar refractivity (Wildman–Crippen MR) is 111 cm³/mol. The van der Waals surface area contributed by atoms with Gasteiger partial charge in [-0.15, -0.1) is 0 Å². The molecule has 4 rings (SSSR count). The van der Waals surface area contributed by atoms with E-state index in [4.69, 9.17) is 0 Å². The fraction of sp³-hybridized carbons (Fsp3) is 0.217. The SMILES string of the molecule is O=C(c1cccnc1)c1cccc(N2CCCN(C(=O)c3ccccc3)CC2)n1. The number of aromatic nitrogens is 2. The van der Waals surface area contributed by atoms with Gasteiger partial charge in [0.15, 0.2) is 0 Å². The molecule has 29 heavy (non-hydrogen) atoms. The van der Waals surface area contributed by atoms with E-state index < -0.39 is 0 Å². The first-order chi connectivity index (χ1) is 14.2. The van der Waals surface area contributed by atoms with Gasteiger partial charge in [-0.05, 0) is 42.8 Å². The summed E-state index contributed by atoms with van der Waals surface area (Å²) < 4.78 is 0. The maximum absolute atomic E-state index is 12.7. The number of rotatable bonds is 4. The van der Waals surface area contributed by atoms with Crippen LogP contribution in [0.4, 0.5) is 5.82 Å². The van der Waals surface area contributed by atoms with E-state index in [-0.39, 0.29) is 11.7 Å². The van der Waals surface area contributed by atoms with Crippen molar-refractivity contribution in [1.82, 2.24) is 14.9 Å². The van der Waals surface area contributed by atoms with Crippen LogP contribution in [0.2, 0.25) is 0 Å². The molecule has 3 heterocycles.